The van der Waals surface area contributed by atoms with Gasteiger partial charge in [-0.15, -0.1) is 0 Å². The van der Waals surface area contributed by atoms with Crippen molar-refractivity contribution in [2.75, 3.05) is 17.1 Å². The maximum atomic E-state index is 12.7. The quantitative estimate of drug-likeness (QED) is 0.806. The molecule has 1 aliphatic heterocycles. The van der Waals surface area contributed by atoms with Crippen LogP contribution in [0.4, 0.5) is 5.69 Å². The number of carbonyl (C=O) groups is 1. The first-order valence-electron chi connectivity index (χ1n) is 10.1. The average molecular weight is 418 g/mol. The first-order chi connectivity index (χ1) is 13.7. The smallest absolute Gasteiger partial charge is 0.251 e. The van der Waals surface area contributed by atoms with Gasteiger partial charge in [-0.1, -0.05) is 12.8 Å². The molecule has 2 aromatic rings. The molecule has 1 N–H and O–H groups in total. The van der Waals surface area contributed by atoms with Crippen LogP contribution in [0.25, 0.3) is 0 Å². The van der Waals surface area contributed by atoms with Gasteiger partial charge in [-0.25, -0.2) is 13.4 Å². The van der Waals surface area contributed by atoms with E-state index >= 15 is 0 Å². The van der Waals surface area contributed by atoms with Crippen LogP contribution in [0.1, 0.15) is 73.2 Å². The van der Waals surface area contributed by atoms with Gasteiger partial charge in [-0.2, -0.15) is 5.10 Å². The van der Waals surface area contributed by atoms with Crippen LogP contribution in [0.15, 0.2) is 24.5 Å². The molecule has 2 heterocycles. The number of benzene rings is 1. The highest BCUT2D eigenvalue weighted by Crippen LogP contribution is 2.41. The molecular weight excluding hydrogens is 390 g/mol. The van der Waals surface area contributed by atoms with Gasteiger partial charge in [0.2, 0.25) is 10.0 Å². The fourth-order valence-electron chi connectivity index (χ4n) is 4.13. The maximum absolute atomic E-state index is 12.7. The molecule has 0 spiro atoms. The van der Waals surface area contributed by atoms with E-state index in [-0.39, 0.29) is 30.5 Å². The zero-order valence-corrected chi connectivity index (χ0v) is 17.8. The highest BCUT2D eigenvalue weighted by molar-refractivity contribution is 7.92. The van der Waals surface area contributed by atoms with Crippen molar-refractivity contribution in [3.05, 3.63) is 41.5 Å². The lowest BCUT2D eigenvalue weighted by atomic mass is 9.98. The third kappa shape index (κ3) is 3.88. The molecule has 29 heavy (non-hydrogen) atoms. The number of amides is 1. The molecular formula is C20H27N5O3S. The lowest BCUT2D eigenvalue weighted by molar-refractivity contribution is 0.0938. The molecule has 9 heteroatoms. The normalized spacial score (nSPS) is 19.7. The van der Waals surface area contributed by atoms with E-state index < -0.39 is 10.0 Å². The predicted octanol–water partition coefficient (Wildman–Crippen LogP) is 2.44. The third-order valence-electron chi connectivity index (χ3n) is 5.74. The minimum absolute atomic E-state index is 0.114. The number of carbonyl (C=O) groups excluding carboxylic acids is 1. The van der Waals surface area contributed by atoms with E-state index in [1.807, 2.05) is 13.8 Å². The number of fused-ring (bicyclic) bond motifs is 1. The summed E-state index contributed by atoms with van der Waals surface area (Å²) in [4.78, 5) is 17.2. The second-order valence-electron chi connectivity index (χ2n) is 8.25. The first kappa shape index (κ1) is 19.9. The lowest BCUT2D eigenvalue weighted by Gasteiger charge is -2.17. The number of nitrogens with zero attached hydrogens (tertiary/aromatic N) is 4. The van der Waals surface area contributed by atoms with Crippen LogP contribution in [-0.2, 0) is 10.0 Å². The summed E-state index contributed by atoms with van der Waals surface area (Å²) in [6.45, 7) is 4.26. The molecule has 0 bridgehead atoms. The minimum Gasteiger partial charge on any atom is -0.349 e. The molecule has 1 aromatic heterocycles. The molecule has 2 aliphatic rings. The van der Waals surface area contributed by atoms with Crippen LogP contribution in [-0.4, -0.2) is 47.9 Å². The van der Waals surface area contributed by atoms with Gasteiger partial charge in [0, 0.05) is 24.2 Å². The molecule has 1 atom stereocenters. The standard InChI is InChI=1S/C20H27N5O3S/c1-13(2)24-12-21-19(23-24)17-11-25(29(3,27)28)18-9-8-14(10-16(17)18)20(26)22-15-6-4-5-7-15/h8-10,12-13,15,17H,4-7,11H2,1-3H3,(H,22,26). The molecule has 1 unspecified atom stereocenters. The van der Waals surface area contributed by atoms with Gasteiger partial charge in [0.1, 0.15) is 6.33 Å². The van der Waals surface area contributed by atoms with Crippen molar-refractivity contribution in [3.63, 3.8) is 0 Å². The van der Waals surface area contributed by atoms with Crippen molar-refractivity contribution in [1.82, 2.24) is 20.1 Å². The average Bonchev–Trinajstić information content (AvgIpc) is 3.39. The Balaban J connectivity index is 1.69. The first-order valence-corrected chi connectivity index (χ1v) is 11.9. The fourth-order valence-corrected chi connectivity index (χ4v) is 5.08. The van der Waals surface area contributed by atoms with Crippen LogP contribution in [0, 0.1) is 0 Å². The van der Waals surface area contributed by atoms with E-state index in [9.17, 15) is 13.2 Å². The Labute approximate surface area is 171 Å². The summed E-state index contributed by atoms with van der Waals surface area (Å²) in [6.07, 6.45) is 7.17. The van der Waals surface area contributed by atoms with E-state index in [1.165, 1.54) is 10.6 Å². The Morgan fingerprint density at radius 2 is 1.97 bits per heavy atom. The molecule has 1 saturated carbocycles. The van der Waals surface area contributed by atoms with Gasteiger partial charge >= 0.3 is 0 Å². The molecule has 4 rings (SSSR count). The predicted molar refractivity (Wildman–Crippen MR) is 111 cm³/mol. The molecule has 0 radical (unpaired) electrons. The fraction of sp³-hybridized carbons (Fsp3) is 0.550. The molecule has 1 aromatic carbocycles. The number of anilines is 1. The number of hydrogen-bond acceptors (Lipinski definition) is 5. The summed E-state index contributed by atoms with van der Waals surface area (Å²) in [5, 5.41) is 7.64. The SMILES string of the molecule is CC(C)n1cnc(C2CN(S(C)(=O)=O)c3ccc(C(=O)NC4CCCC4)cc32)n1. The summed E-state index contributed by atoms with van der Waals surface area (Å²) in [6, 6.07) is 5.60. The van der Waals surface area contributed by atoms with Gasteiger partial charge in [-0.3, -0.25) is 13.8 Å². The molecule has 1 aliphatic carbocycles. The van der Waals surface area contributed by atoms with E-state index in [1.54, 1.807) is 29.2 Å². The number of aromatic nitrogens is 3. The second-order valence-corrected chi connectivity index (χ2v) is 10.2. The van der Waals surface area contributed by atoms with Crippen molar-refractivity contribution in [3.8, 4) is 0 Å². The minimum atomic E-state index is -3.45. The van der Waals surface area contributed by atoms with Crippen LogP contribution in [0.2, 0.25) is 0 Å². The van der Waals surface area contributed by atoms with Crippen LogP contribution in [0.5, 0.6) is 0 Å². The molecule has 8 nitrogen and oxygen atoms in total. The van der Waals surface area contributed by atoms with Crippen LogP contribution >= 0.6 is 0 Å². The van der Waals surface area contributed by atoms with Gasteiger partial charge < -0.3 is 5.32 Å². The number of rotatable bonds is 5. The number of hydrogen-bond donors (Lipinski definition) is 1. The molecule has 1 fully saturated rings. The van der Waals surface area contributed by atoms with E-state index in [4.69, 9.17) is 0 Å². The van der Waals surface area contributed by atoms with Crippen molar-refractivity contribution in [2.45, 2.75) is 57.5 Å². The Hall–Kier alpha value is -2.42. The second kappa shape index (κ2) is 7.44. The summed E-state index contributed by atoms with van der Waals surface area (Å²) in [5.41, 5.74) is 1.91. The van der Waals surface area contributed by atoms with E-state index in [2.05, 4.69) is 15.4 Å². The van der Waals surface area contributed by atoms with Gasteiger partial charge in [-0.05, 0) is 50.5 Å². The Bertz CT molecular complexity index is 1020. The zero-order chi connectivity index (χ0) is 20.8. The molecule has 1 amide bonds. The number of sulfonamides is 1. The van der Waals surface area contributed by atoms with Crippen LogP contribution < -0.4 is 9.62 Å². The highest BCUT2D eigenvalue weighted by Gasteiger charge is 2.37. The Morgan fingerprint density at radius 3 is 2.59 bits per heavy atom. The monoisotopic (exact) mass is 417 g/mol. The Morgan fingerprint density at radius 1 is 1.24 bits per heavy atom. The topological polar surface area (TPSA) is 97.2 Å². The highest BCUT2D eigenvalue weighted by atomic mass is 32.2. The largest absolute Gasteiger partial charge is 0.349 e. The summed E-state index contributed by atoms with van der Waals surface area (Å²) < 4.78 is 27.8. The Kier molecular flexibility index (Phi) is 5.10. The summed E-state index contributed by atoms with van der Waals surface area (Å²) in [7, 11) is -3.45. The molecule has 156 valence electrons. The third-order valence-corrected chi connectivity index (χ3v) is 6.89. The summed E-state index contributed by atoms with van der Waals surface area (Å²) >= 11 is 0. The maximum Gasteiger partial charge on any atom is 0.251 e. The van der Waals surface area contributed by atoms with Crippen molar-refractivity contribution in [2.24, 2.45) is 0 Å². The van der Waals surface area contributed by atoms with Crippen molar-refractivity contribution < 1.29 is 13.2 Å². The van der Waals surface area contributed by atoms with Crippen molar-refractivity contribution in [1.29, 1.82) is 0 Å². The van der Waals surface area contributed by atoms with E-state index in [0.717, 1.165) is 31.2 Å². The van der Waals surface area contributed by atoms with Gasteiger partial charge in [0.05, 0.1) is 17.9 Å². The van der Waals surface area contributed by atoms with Gasteiger partial charge in [0.25, 0.3) is 5.91 Å². The molecule has 0 saturated heterocycles. The van der Waals surface area contributed by atoms with Crippen molar-refractivity contribution >= 4 is 21.6 Å². The van der Waals surface area contributed by atoms with Gasteiger partial charge in [0.15, 0.2) is 5.82 Å². The summed E-state index contributed by atoms with van der Waals surface area (Å²) in [5.74, 6) is 0.148. The number of nitrogens with one attached hydrogen (secondary N) is 1. The van der Waals surface area contributed by atoms with Crippen LogP contribution in [0.3, 0.4) is 0 Å². The lowest BCUT2D eigenvalue weighted by Crippen LogP contribution is -2.32. The zero-order valence-electron chi connectivity index (χ0n) is 17.0. The van der Waals surface area contributed by atoms with E-state index in [0.29, 0.717) is 17.1 Å².